The molecule has 1 fully saturated rings. The summed E-state index contributed by atoms with van der Waals surface area (Å²) in [4.78, 5) is 32.0. The number of nitrogens with one attached hydrogen (secondary N) is 1. The Balaban J connectivity index is 1.46. The lowest BCUT2D eigenvalue weighted by Crippen LogP contribution is -2.41. The molecular formula is C28H33N3O3. The van der Waals surface area contributed by atoms with E-state index < -0.39 is 5.60 Å². The number of fused-ring (bicyclic) bond motifs is 1. The summed E-state index contributed by atoms with van der Waals surface area (Å²) in [5, 5.41) is 4.04. The summed E-state index contributed by atoms with van der Waals surface area (Å²) in [6.07, 6.45) is 2.28. The van der Waals surface area contributed by atoms with E-state index >= 15 is 0 Å². The van der Waals surface area contributed by atoms with Gasteiger partial charge in [0.2, 0.25) is 0 Å². The quantitative estimate of drug-likeness (QED) is 0.507. The zero-order valence-corrected chi connectivity index (χ0v) is 20.4. The Kier molecular flexibility index (Phi) is 6.87. The molecule has 1 aliphatic rings. The molecule has 0 aliphatic carbocycles. The van der Waals surface area contributed by atoms with Gasteiger partial charge < -0.3 is 15.0 Å². The molecule has 3 aromatic rings. The molecule has 2 aromatic carbocycles. The van der Waals surface area contributed by atoms with Crippen molar-refractivity contribution in [3.05, 3.63) is 71.3 Å². The molecule has 6 nitrogen and oxygen atoms in total. The molecule has 1 N–H and O–H groups in total. The van der Waals surface area contributed by atoms with Crippen molar-refractivity contribution in [1.29, 1.82) is 0 Å². The lowest BCUT2D eigenvalue weighted by atomic mass is 9.86. The van der Waals surface area contributed by atoms with Crippen molar-refractivity contribution in [3.8, 4) is 0 Å². The second-order valence-corrected chi connectivity index (χ2v) is 9.86. The number of piperidine rings is 1. The molecule has 178 valence electrons. The van der Waals surface area contributed by atoms with Gasteiger partial charge >= 0.3 is 6.09 Å². The number of carbonyl (C=O) groups excluding carboxylic acids is 2. The fraction of sp³-hybridized carbons (Fsp3) is 0.393. The molecule has 0 saturated carbocycles. The average Bonchev–Trinajstić information content (AvgIpc) is 2.82. The third kappa shape index (κ3) is 5.56. The Morgan fingerprint density at radius 2 is 1.79 bits per heavy atom. The van der Waals surface area contributed by atoms with E-state index in [0.717, 1.165) is 35.7 Å². The normalized spacial score (nSPS) is 14.8. The van der Waals surface area contributed by atoms with Gasteiger partial charge in [0.15, 0.2) is 0 Å². The monoisotopic (exact) mass is 459 g/mol. The Morgan fingerprint density at radius 1 is 1.06 bits per heavy atom. The summed E-state index contributed by atoms with van der Waals surface area (Å²) in [6, 6.07) is 17.8. The summed E-state index contributed by atoms with van der Waals surface area (Å²) in [5.74, 6) is 0.580. The smallest absolute Gasteiger partial charge is 0.410 e. The Bertz CT molecular complexity index is 1190. The molecule has 2 heterocycles. The van der Waals surface area contributed by atoms with Crippen LogP contribution in [0.25, 0.3) is 10.9 Å². The maximum atomic E-state index is 13.2. The van der Waals surface area contributed by atoms with Gasteiger partial charge in [-0.15, -0.1) is 0 Å². The first-order valence-corrected chi connectivity index (χ1v) is 12.0. The van der Waals surface area contributed by atoms with E-state index in [9.17, 15) is 9.59 Å². The maximum Gasteiger partial charge on any atom is 0.410 e. The Hall–Kier alpha value is -3.41. The van der Waals surface area contributed by atoms with E-state index in [0.29, 0.717) is 24.5 Å². The largest absolute Gasteiger partial charge is 0.444 e. The number of hydrogen-bond acceptors (Lipinski definition) is 4. The number of carbonyl (C=O) groups is 2. The molecular weight excluding hydrogens is 426 g/mol. The molecule has 1 aromatic heterocycles. The molecule has 0 unspecified atom stereocenters. The zero-order valence-electron chi connectivity index (χ0n) is 20.4. The van der Waals surface area contributed by atoms with E-state index in [-0.39, 0.29) is 17.9 Å². The van der Waals surface area contributed by atoms with Gasteiger partial charge in [0, 0.05) is 24.0 Å². The van der Waals surface area contributed by atoms with Crippen molar-refractivity contribution in [3.63, 3.8) is 0 Å². The van der Waals surface area contributed by atoms with E-state index in [4.69, 9.17) is 4.74 Å². The number of likely N-dealkylation sites (tertiary alicyclic amines) is 1. The van der Waals surface area contributed by atoms with E-state index in [1.54, 1.807) is 4.90 Å². The van der Waals surface area contributed by atoms with Crippen LogP contribution in [0.15, 0.2) is 54.6 Å². The second kappa shape index (κ2) is 9.84. The number of anilines is 1. The number of pyridine rings is 1. The number of rotatable bonds is 4. The fourth-order valence-corrected chi connectivity index (χ4v) is 4.41. The number of aryl methyl sites for hydroxylation is 1. The van der Waals surface area contributed by atoms with E-state index in [2.05, 4.69) is 29.4 Å². The summed E-state index contributed by atoms with van der Waals surface area (Å²) in [6.45, 7) is 8.98. The van der Waals surface area contributed by atoms with Crippen LogP contribution in [0.2, 0.25) is 0 Å². The van der Waals surface area contributed by atoms with Gasteiger partial charge in [0.25, 0.3) is 5.91 Å². The summed E-state index contributed by atoms with van der Waals surface area (Å²) >= 11 is 0. The number of nitrogens with zero attached hydrogens (tertiary/aromatic N) is 2. The second-order valence-electron chi connectivity index (χ2n) is 9.86. The molecule has 0 atom stereocenters. The van der Waals surface area contributed by atoms with Crippen LogP contribution in [0.3, 0.4) is 0 Å². The highest BCUT2D eigenvalue weighted by Gasteiger charge is 2.29. The van der Waals surface area contributed by atoms with Crippen LogP contribution >= 0.6 is 0 Å². The van der Waals surface area contributed by atoms with Gasteiger partial charge in [-0.1, -0.05) is 31.2 Å². The van der Waals surface area contributed by atoms with Gasteiger partial charge in [-0.25, -0.2) is 9.78 Å². The van der Waals surface area contributed by atoms with Gasteiger partial charge in [-0.2, -0.15) is 0 Å². The van der Waals surface area contributed by atoms with E-state index in [1.165, 1.54) is 5.56 Å². The van der Waals surface area contributed by atoms with Crippen LogP contribution in [0.5, 0.6) is 0 Å². The highest BCUT2D eigenvalue weighted by atomic mass is 16.6. The van der Waals surface area contributed by atoms with Crippen molar-refractivity contribution >= 4 is 28.7 Å². The van der Waals surface area contributed by atoms with Crippen molar-refractivity contribution in [1.82, 2.24) is 9.88 Å². The molecule has 6 heteroatoms. The lowest BCUT2D eigenvalue weighted by Gasteiger charge is -2.34. The lowest BCUT2D eigenvalue weighted by molar-refractivity contribution is 0.0204. The van der Waals surface area contributed by atoms with Crippen molar-refractivity contribution in [2.75, 3.05) is 18.4 Å². The molecule has 0 bridgehead atoms. The molecule has 34 heavy (non-hydrogen) atoms. The summed E-state index contributed by atoms with van der Waals surface area (Å²) in [7, 11) is 0. The van der Waals surface area contributed by atoms with Gasteiger partial charge in [0.1, 0.15) is 11.4 Å². The third-order valence-electron chi connectivity index (χ3n) is 6.20. The zero-order chi connectivity index (χ0) is 24.3. The summed E-state index contributed by atoms with van der Waals surface area (Å²) < 4.78 is 5.51. The minimum atomic E-state index is -0.506. The fourth-order valence-electron chi connectivity index (χ4n) is 4.41. The van der Waals surface area contributed by atoms with E-state index in [1.807, 2.05) is 63.2 Å². The van der Waals surface area contributed by atoms with Crippen molar-refractivity contribution < 1.29 is 14.3 Å². The number of benzene rings is 2. The van der Waals surface area contributed by atoms with Crippen LogP contribution in [-0.4, -0.2) is 40.6 Å². The molecule has 1 aliphatic heterocycles. The number of amides is 2. The Labute approximate surface area is 201 Å². The van der Waals surface area contributed by atoms with Crippen LogP contribution in [0.4, 0.5) is 10.6 Å². The van der Waals surface area contributed by atoms with Gasteiger partial charge in [0.05, 0.1) is 5.52 Å². The topological polar surface area (TPSA) is 71.5 Å². The number of ether oxygens (including phenoxy) is 1. The van der Waals surface area contributed by atoms with Crippen LogP contribution in [-0.2, 0) is 11.2 Å². The van der Waals surface area contributed by atoms with Crippen molar-refractivity contribution in [2.24, 2.45) is 0 Å². The Morgan fingerprint density at radius 3 is 2.50 bits per heavy atom. The predicted molar refractivity (Wildman–Crippen MR) is 135 cm³/mol. The number of aromatic nitrogens is 1. The predicted octanol–water partition coefficient (Wildman–Crippen LogP) is 6.16. The molecule has 4 rings (SSSR count). The van der Waals surface area contributed by atoms with Crippen LogP contribution in [0.1, 0.15) is 67.9 Å². The summed E-state index contributed by atoms with van der Waals surface area (Å²) in [5.41, 5.74) is 3.28. The maximum absolute atomic E-state index is 13.2. The first-order valence-electron chi connectivity index (χ1n) is 12.0. The molecule has 0 spiro atoms. The minimum Gasteiger partial charge on any atom is -0.444 e. The highest BCUT2D eigenvalue weighted by Crippen LogP contribution is 2.31. The van der Waals surface area contributed by atoms with Gasteiger partial charge in [-0.05, 0) is 87.4 Å². The molecule has 0 radical (unpaired) electrons. The van der Waals surface area contributed by atoms with Crippen LogP contribution < -0.4 is 5.32 Å². The first kappa shape index (κ1) is 23.7. The number of hydrogen-bond donors (Lipinski definition) is 1. The first-order chi connectivity index (χ1) is 16.2. The standard InChI is InChI=1S/C28H33N3O3/c1-5-19-10-12-24-21(18-19)11-13-25(29-24)30-26(32)23-9-7-6-8-22(23)20-14-16-31(17-15-20)27(33)34-28(2,3)4/h6-13,18,20H,5,14-17H2,1-4H3,(H,29,30,32). The third-order valence-corrected chi connectivity index (χ3v) is 6.20. The average molecular weight is 460 g/mol. The minimum absolute atomic E-state index is 0.165. The molecule has 2 amide bonds. The van der Waals surface area contributed by atoms with Gasteiger partial charge in [-0.3, -0.25) is 4.79 Å². The SMILES string of the molecule is CCc1ccc2nc(NC(=O)c3ccccc3C3CCN(C(=O)OC(C)(C)C)CC3)ccc2c1. The molecule has 1 saturated heterocycles. The van der Waals surface area contributed by atoms with Crippen LogP contribution in [0, 0.1) is 0 Å². The van der Waals surface area contributed by atoms with Crippen molar-refractivity contribution in [2.45, 2.75) is 58.5 Å². The highest BCUT2D eigenvalue weighted by molar-refractivity contribution is 6.05.